The van der Waals surface area contributed by atoms with Gasteiger partial charge in [0.1, 0.15) is 23.9 Å². The van der Waals surface area contributed by atoms with E-state index in [0.29, 0.717) is 18.8 Å². The molecule has 0 aliphatic heterocycles. The van der Waals surface area contributed by atoms with Crippen LogP contribution in [0, 0.1) is 12.7 Å². The van der Waals surface area contributed by atoms with Crippen molar-refractivity contribution in [2.75, 3.05) is 6.61 Å². The molecule has 1 amide bonds. The van der Waals surface area contributed by atoms with Crippen LogP contribution in [0.1, 0.15) is 25.8 Å². The zero-order valence-electron chi connectivity index (χ0n) is 14.8. The van der Waals surface area contributed by atoms with Crippen LogP contribution in [0.15, 0.2) is 48.5 Å². The minimum Gasteiger partial charge on any atom is -0.491 e. The summed E-state index contributed by atoms with van der Waals surface area (Å²) in [5, 5.41) is 2.88. The zero-order chi connectivity index (χ0) is 18.2. The normalized spacial score (nSPS) is 13.0. The molecule has 4 nitrogen and oxygen atoms in total. The van der Waals surface area contributed by atoms with E-state index in [1.54, 1.807) is 0 Å². The van der Waals surface area contributed by atoms with E-state index in [1.807, 2.05) is 45.0 Å². The maximum atomic E-state index is 12.9. The monoisotopic (exact) mass is 345 g/mol. The van der Waals surface area contributed by atoms with Gasteiger partial charge >= 0.3 is 0 Å². The third-order valence-corrected chi connectivity index (χ3v) is 3.66. The van der Waals surface area contributed by atoms with Crippen LogP contribution in [-0.4, -0.2) is 24.7 Å². The number of carbonyl (C=O) groups excluding carboxylic acids is 1. The fraction of sp³-hybridized carbons (Fsp3) is 0.350. The molecule has 2 rings (SSSR count). The van der Waals surface area contributed by atoms with E-state index in [2.05, 4.69) is 5.32 Å². The molecule has 1 N–H and O–H groups in total. The molecule has 0 bridgehead atoms. The van der Waals surface area contributed by atoms with Gasteiger partial charge in [-0.3, -0.25) is 4.79 Å². The molecular formula is C20H24FNO3. The van der Waals surface area contributed by atoms with Crippen LogP contribution in [0.25, 0.3) is 0 Å². The molecule has 0 fully saturated rings. The first-order valence-electron chi connectivity index (χ1n) is 8.40. The molecule has 0 aromatic heterocycles. The molecule has 0 saturated carbocycles. The SMILES string of the molecule is CC[C@@H](Oc1ccc(F)cc1)C(=O)N[C@H](C)COc1ccc(C)cc1. The molecule has 134 valence electrons. The molecule has 0 heterocycles. The van der Waals surface area contributed by atoms with Gasteiger partial charge in [-0.1, -0.05) is 24.6 Å². The van der Waals surface area contributed by atoms with Gasteiger partial charge in [-0.15, -0.1) is 0 Å². The predicted octanol–water partition coefficient (Wildman–Crippen LogP) is 3.88. The van der Waals surface area contributed by atoms with Crippen molar-refractivity contribution < 1.29 is 18.7 Å². The third kappa shape index (κ3) is 6.10. The van der Waals surface area contributed by atoms with Crippen LogP contribution in [0.2, 0.25) is 0 Å². The van der Waals surface area contributed by atoms with Gasteiger partial charge in [-0.2, -0.15) is 0 Å². The standard InChI is InChI=1S/C20H24FNO3/c1-4-19(25-18-11-7-16(21)8-12-18)20(23)22-15(3)13-24-17-9-5-14(2)6-10-17/h5-12,15,19H,4,13H2,1-3H3,(H,22,23)/t15-,19-/m1/s1. The molecule has 0 spiro atoms. The highest BCUT2D eigenvalue weighted by atomic mass is 19.1. The molecule has 2 aromatic carbocycles. The van der Waals surface area contributed by atoms with E-state index >= 15 is 0 Å². The maximum Gasteiger partial charge on any atom is 0.261 e. The van der Waals surface area contributed by atoms with Crippen LogP contribution < -0.4 is 14.8 Å². The lowest BCUT2D eigenvalue weighted by atomic mass is 10.2. The van der Waals surface area contributed by atoms with Crippen LogP contribution in [0.5, 0.6) is 11.5 Å². The van der Waals surface area contributed by atoms with Crippen molar-refractivity contribution in [3.63, 3.8) is 0 Å². The van der Waals surface area contributed by atoms with Gasteiger partial charge in [0.25, 0.3) is 5.91 Å². The summed E-state index contributed by atoms with van der Waals surface area (Å²) in [6.07, 6.45) is -0.123. The minimum absolute atomic E-state index is 0.167. The molecule has 0 aliphatic rings. The van der Waals surface area contributed by atoms with E-state index in [4.69, 9.17) is 9.47 Å². The number of amides is 1. The summed E-state index contributed by atoms with van der Waals surface area (Å²) in [6.45, 7) is 6.11. The van der Waals surface area contributed by atoms with Gasteiger partial charge in [0.05, 0.1) is 6.04 Å². The van der Waals surface area contributed by atoms with Crippen LogP contribution >= 0.6 is 0 Å². The molecular weight excluding hydrogens is 321 g/mol. The van der Waals surface area contributed by atoms with Crippen molar-refractivity contribution in [2.24, 2.45) is 0 Å². The Labute approximate surface area is 148 Å². The molecule has 2 atom stereocenters. The third-order valence-electron chi connectivity index (χ3n) is 3.66. The lowest BCUT2D eigenvalue weighted by Gasteiger charge is -2.20. The van der Waals surface area contributed by atoms with Crippen molar-refractivity contribution in [3.05, 3.63) is 59.9 Å². The van der Waals surface area contributed by atoms with Gasteiger partial charge in [0.15, 0.2) is 6.10 Å². The molecule has 2 aromatic rings. The summed E-state index contributed by atoms with van der Waals surface area (Å²) in [5.41, 5.74) is 1.16. The summed E-state index contributed by atoms with van der Waals surface area (Å²) in [7, 11) is 0. The Hall–Kier alpha value is -2.56. The Morgan fingerprint density at radius 2 is 1.68 bits per heavy atom. The number of hydrogen-bond acceptors (Lipinski definition) is 3. The fourth-order valence-corrected chi connectivity index (χ4v) is 2.23. The summed E-state index contributed by atoms with van der Waals surface area (Å²) < 4.78 is 24.2. The quantitative estimate of drug-likeness (QED) is 0.790. The van der Waals surface area contributed by atoms with Crippen LogP contribution in [0.3, 0.4) is 0 Å². The Morgan fingerprint density at radius 3 is 2.28 bits per heavy atom. The van der Waals surface area contributed by atoms with Gasteiger partial charge < -0.3 is 14.8 Å². The Kier molecular flexibility index (Phi) is 6.81. The molecule has 0 saturated heterocycles. The molecule has 0 radical (unpaired) electrons. The highest BCUT2D eigenvalue weighted by molar-refractivity contribution is 5.81. The highest BCUT2D eigenvalue weighted by Gasteiger charge is 2.20. The fourth-order valence-electron chi connectivity index (χ4n) is 2.23. The minimum atomic E-state index is -0.632. The number of carbonyl (C=O) groups is 1. The number of aryl methyl sites for hydroxylation is 1. The van der Waals surface area contributed by atoms with E-state index in [0.717, 1.165) is 11.3 Å². The molecule has 0 unspecified atom stereocenters. The molecule has 5 heteroatoms. The topological polar surface area (TPSA) is 47.6 Å². The van der Waals surface area contributed by atoms with Gasteiger partial charge in [0, 0.05) is 0 Å². The number of benzene rings is 2. The summed E-state index contributed by atoms with van der Waals surface area (Å²) in [5.74, 6) is 0.673. The second kappa shape index (κ2) is 9.06. The Balaban J connectivity index is 1.83. The summed E-state index contributed by atoms with van der Waals surface area (Å²) in [6, 6.07) is 13.2. The van der Waals surface area contributed by atoms with E-state index in [9.17, 15) is 9.18 Å². The number of nitrogens with one attached hydrogen (secondary N) is 1. The lowest BCUT2D eigenvalue weighted by Crippen LogP contribution is -2.44. The Morgan fingerprint density at radius 1 is 1.08 bits per heavy atom. The van der Waals surface area contributed by atoms with Gasteiger partial charge in [0.2, 0.25) is 0 Å². The van der Waals surface area contributed by atoms with Crippen molar-refractivity contribution in [1.29, 1.82) is 0 Å². The summed E-state index contributed by atoms with van der Waals surface area (Å²) >= 11 is 0. The van der Waals surface area contributed by atoms with Crippen molar-refractivity contribution in [3.8, 4) is 11.5 Å². The highest BCUT2D eigenvalue weighted by Crippen LogP contribution is 2.15. The second-order valence-electron chi connectivity index (χ2n) is 6.00. The smallest absolute Gasteiger partial charge is 0.261 e. The Bertz CT molecular complexity index is 670. The average molecular weight is 345 g/mol. The second-order valence-corrected chi connectivity index (χ2v) is 6.00. The van der Waals surface area contributed by atoms with Gasteiger partial charge in [-0.05, 0) is 56.7 Å². The van der Waals surface area contributed by atoms with E-state index < -0.39 is 6.10 Å². The predicted molar refractivity (Wildman–Crippen MR) is 95.4 cm³/mol. The lowest BCUT2D eigenvalue weighted by molar-refractivity contribution is -0.128. The van der Waals surface area contributed by atoms with E-state index in [-0.39, 0.29) is 17.8 Å². The summed E-state index contributed by atoms with van der Waals surface area (Å²) in [4.78, 5) is 12.3. The number of ether oxygens (including phenoxy) is 2. The average Bonchev–Trinajstić information content (AvgIpc) is 2.60. The largest absolute Gasteiger partial charge is 0.491 e. The molecule has 0 aliphatic carbocycles. The first-order chi connectivity index (χ1) is 12.0. The first kappa shape index (κ1) is 18.8. The first-order valence-corrected chi connectivity index (χ1v) is 8.40. The molecule has 25 heavy (non-hydrogen) atoms. The van der Waals surface area contributed by atoms with E-state index in [1.165, 1.54) is 24.3 Å². The number of hydrogen-bond donors (Lipinski definition) is 1. The number of rotatable bonds is 8. The van der Waals surface area contributed by atoms with Crippen LogP contribution in [0.4, 0.5) is 4.39 Å². The van der Waals surface area contributed by atoms with Crippen molar-refractivity contribution in [1.82, 2.24) is 5.32 Å². The maximum absolute atomic E-state index is 12.9. The zero-order valence-corrected chi connectivity index (χ0v) is 14.8. The van der Waals surface area contributed by atoms with Crippen molar-refractivity contribution in [2.45, 2.75) is 39.3 Å². The number of halogens is 1. The van der Waals surface area contributed by atoms with Crippen LogP contribution in [-0.2, 0) is 4.79 Å². The van der Waals surface area contributed by atoms with Crippen molar-refractivity contribution >= 4 is 5.91 Å². The van der Waals surface area contributed by atoms with Gasteiger partial charge in [-0.25, -0.2) is 4.39 Å².